The van der Waals surface area contributed by atoms with Crippen LogP contribution in [0.25, 0.3) is 0 Å². The van der Waals surface area contributed by atoms with Gasteiger partial charge in [0.1, 0.15) is 0 Å². The van der Waals surface area contributed by atoms with Gasteiger partial charge in [-0.1, -0.05) is 18.7 Å². The molecule has 0 saturated heterocycles. The molecule has 4 heteroatoms. The summed E-state index contributed by atoms with van der Waals surface area (Å²) in [5.74, 6) is -1.20. The normalized spacial score (nSPS) is 5.00. The Kier molecular flexibility index (Phi) is 20.3. The molecular formula is C4H4Li2O2. The fourth-order valence-electron chi connectivity index (χ4n) is 0.0962. The Labute approximate surface area is 72.6 Å². The van der Waals surface area contributed by atoms with E-state index in [1.807, 2.05) is 0 Å². The summed E-state index contributed by atoms with van der Waals surface area (Å²) in [5.41, 5.74) is 0. The van der Waals surface area contributed by atoms with Crippen LogP contribution in [0, 0.1) is 0 Å². The van der Waals surface area contributed by atoms with Gasteiger partial charge in [-0.25, -0.2) is 5.95 Å². The van der Waals surface area contributed by atoms with Gasteiger partial charge in [-0.3, -0.25) is 0 Å². The van der Waals surface area contributed by atoms with Gasteiger partial charge in [0.2, 0.25) is 0 Å². The molecule has 0 aliphatic heterocycles. The quantitative estimate of drug-likeness (QED) is 0.186. The van der Waals surface area contributed by atoms with Gasteiger partial charge >= 0.3 is 37.7 Å². The van der Waals surface area contributed by atoms with E-state index in [0.717, 1.165) is 12.2 Å². The third-order valence-corrected chi connectivity index (χ3v) is 0.254. The van der Waals surface area contributed by atoms with Crippen molar-refractivity contribution in [3.8, 4) is 0 Å². The molecule has 0 aromatic carbocycles. The number of allylic oxidation sites excluding steroid dienone is 2. The molecule has 0 spiro atoms. The Morgan fingerprint density at radius 2 is 1.62 bits per heavy atom. The van der Waals surface area contributed by atoms with Crippen LogP contribution in [0.5, 0.6) is 0 Å². The van der Waals surface area contributed by atoms with Crippen LogP contribution in [-0.4, -0.2) is 0 Å². The van der Waals surface area contributed by atoms with Gasteiger partial charge in [0.15, 0.2) is 0 Å². The maximum absolute atomic E-state index is 9.36. The predicted molar refractivity (Wildman–Crippen MR) is 18.3 cm³/mol. The first kappa shape index (κ1) is 15.7. The first-order valence-corrected chi connectivity index (χ1v) is 1.44. The zero-order valence-electron chi connectivity index (χ0n) is 5.18. The molecule has 0 saturated carbocycles. The smallest absolute Gasteiger partial charge is 0.884 e. The molecule has 0 fully saturated rings. The van der Waals surface area contributed by atoms with Crippen LogP contribution in [0.1, 0.15) is 0 Å². The van der Waals surface area contributed by atoms with E-state index in [-0.39, 0.29) is 37.7 Å². The summed E-state index contributed by atoms with van der Waals surface area (Å²) in [4.78, 5) is 0. The second-order valence-electron chi connectivity index (χ2n) is 0.721. The number of rotatable bonds is 1. The van der Waals surface area contributed by atoms with Gasteiger partial charge in [-0.15, -0.1) is 0 Å². The minimum atomic E-state index is -1.20. The number of hydrogen-bond donors (Lipinski definition) is 0. The molecule has 0 aromatic heterocycles. The van der Waals surface area contributed by atoms with Crippen LogP contribution in [-0.2, 0) is 0 Å². The van der Waals surface area contributed by atoms with Crippen molar-refractivity contribution in [1.82, 2.24) is 0 Å². The van der Waals surface area contributed by atoms with E-state index in [4.69, 9.17) is 0 Å². The van der Waals surface area contributed by atoms with Crippen molar-refractivity contribution in [2.75, 3.05) is 0 Å². The van der Waals surface area contributed by atoms with Gasteiger partial charge < -0.3 is 10.2 Å². The zero-order valence-corrected chi connectivity index (χ0v) is 5.18. The summed E-state index contributed by atoms with van der Waals surface area (Å²) < 4.78 is 0. The molecule has 0 amide bonds. The Morgan fingerprint density at radius 3 is 1.62 bits per heavy atom. The van der Waals surface area contributed by atoms with E-state index in [9.17, 15) is 10.2 Å². The van der Waals surface area contributed by atoms with E-state index >= 15 is 0 Å². The molecule has 0 rings (SSSR count). The van der Waals surface area contributed by atoms with Crippen molar-refractivity contribution in [1.29, 1.82) is 0 Å². The second-order valence-corrected chi connectivity index (χ2v) is 0.721. The van der Waals surface area contributed by atoms with Gasteiger partial charge in [-0.05, 0) is 0 Å². The van der Waals surface area contributed by atoms with Gasteiger partial charge in [0.25, 0.3) is 0 Å². The maximum atomic E-state index is 9.36. The topological polar surface area (TPSA) is 46.1 Å². The first-order valence-electron chi connectivity index (χ1n) is 1.44. The second kappa shape index (κ2) is 10.3. The molecule has 0 N–H and O–H groups in total. The van der Waals surface area contributed by atoms with Crippen LogP contribution in [0.15, 0.2) is 24.7 Å². The Hall–Kier alpha value is 0.275. The summed E-state index contributed by atoms with van der Waals surface area (Å²) >= 11 is 0. The minimum absolute atomic E-state index is 0. The van der Waals surface area contributed by atoms with E-state index < -0.39 is 5.95 Å². The molecule has 8 heavy (non-hydrogen) atoms. The summed E-state index contributed by atoms with van der Waals surface area (Å²) in [6.45, 7) is 3.12. The van der Waals surface area contributed by atoms with Crippen molar-refractivity contribution in [3.05, 3.63) is 24.7 Å². The predicted octanol–water partition coefficient (Wildman–Crippen LogP) is -7.26. The molecule has 0 aromatic rings. The number of hydrogen-bond acceptors (Lipinski definition) is 2. The summed E-state index contributed by atoms with van der Waals surface area (Å²) in [7, 11) is 0. The fourth-order valence-corrected chi connectivity index (χ4v) is 0.0962. The Bertz CT molecular complexity index is 76.1. The summed E-state index contributed by atoms with van der Waals surface area (Å²) in [6.07, 6.45) is 2.02. The zero-order chi connectivity index (χ0) is 4.99. The average molecular weight is 98.0 g/mol. The molecule has 0 aliphatic rings. The molecule has 0 aliphatic carbocycles. The minimum Gasteiger partial charge on any atom is -0.884 e. The molecule has 0 radical (unpaired) electrons. The molecule has 0 heterocycles. The largest absolute Gasteiger partial charge is 1.00 e. The molecule has 0 bridgehead atoms. The molecule has 0 atom stereocenters. The van der Waals surface area contributed by atoms with Crippen molar-refractivity contribution in [2.45, 2.75) is 0 Å². The van der Waals surface area contributed by atoms with E-state index in [1.54, 1.807) is 0 Å². The van der Waals surface area contributed by atoms with Crippen molar-refractivity contribution in [3.63, 3.8) is 0 Å². The maximum Gasteiger partial charge on any atom is 1.00 e. The van der Waals surface area contributed by atoms with E-state index in [0.29, 0.717) is 0 Å². The van der Waals surface area contributed by atoms with Crippen LogP contribution in [0.2, 0.25) is 0 Å². The van der Waals surface area contributed by atoms with Crippen LogP contribution in [0.3, 0.4) is 0 Å². The van der Waals surface area contributed by atoms with Crippen molar-refractivity contribution >= 4 is 0 Å². The summed E-state index contributed by atoms with van der Waals surface area (Å²) in [5, 5.41) is 18.7. The van der Waals surface area contributed by atoms with E-state index in [2.05, 4.69) is 6.58 Å². The third-order valence-electron chi connectivity index (χ3n) is 0.254. The summed E-state index contributed by atoms with van der Waals surface area (Å²) in [6, 6.07) is 0. The fraction of sp³-hybridized carbons (Fsp3) is 0. The molecular weight excluding hydrogens is 93.9 g/mol. The van der Waals surface area contributed by atoms with Crippen molar-refractivity contribution in [2.24, 2.45) is 0 Å². The molecule has 0 unspecified atom stereocenters. The molecule has 2 nitrogen and oxygen atoms in total. The SMILES string of the molecule is C=CC=C([O-])[O-].[Li+].[Li+]. The Morgan fingerprint density at radius 1 is 1.25 bits per heavy atom. The van der Waals surface area contributed by atoms with Crippen LogP contribution >= 0.6 is 0 Å². The van der Waals surface area contributed by atoms with Crippen molar-refractivity contribution < 1.29 is 47.9 Å². The third kappa shape index (κ3) is 16.3. The van der Waals surface area contributed by atoms with E-state index in [1.165, 1.54) is 0 Å². The van der Waals surface area contributed by atoms with Gasteiger partial charge in [0, 0.05) is 0 Å². The first-order chi connectivity index (χ1) is 2.77. The van der Waals surface area contributed by atoms with Crippen LogP contribution in [0.4, 0.5) is 0 Å². The monoisotopic (exact) mass is 98.1 g/mol. The molecule has 34 valence electrons. The average Bonchev–Trinajstić information content (AvgIpc) is 1.35. The van der Waals surface area contributed by atoms with Crippen LogP contribution < -0.4 is 47.9 Å². The van der Waals surface area contributed by atoms with Gasteiger partial charge in [0.05, 0.1) is 0 Å². The van der Waals surface area contributed by atoms with Gasteiger partial charge in [-0.2, -0.15) is 0 Å². The standard InChI is InChI=1S/C4H6O2.2Li/c1-2-3-4(5)6;;/h2-3,5-6H,1H2;;/q;2*+1/p-2. The Balaban J connectivity index is -0.000000125.